The van der Waals surface area contributed by atoms with Gasteiger partial charge in [0.2, 0.25) is 0 Å². The van der Waals surface area contributed by atoms with E-state index < -0.39 is 5.82 Å². The van der Waals surface area contributed by atoms with Crippen molar-refractivity contribution in [3.63, 3.8) is 0 Å². The van der Waals surface area contributed by atoms with Gasteiger partial charge in [0.25, 0.3) is 0 Å². The molecule has 0 aliphatic heterocycles. The first-order chi connectivity index (χ1) is 9.02. The Kier molecular flexibility index (Phi) is 3.63. The third-order valence-corrected chi connectivity index (χ3v) is 3.04. The number of hydrogen-bond donors (Lipinski definition) is 1. The van der Waals surface area contributed by atoms with E-state index in [0.29, 0.717) is 22.8 Å². The number of anilines is 2. The third-order valence-electron chi connectivity index (χ3n) is 2.75. The van der Waals surface area contributed by atoms with Crippen molar-refractivity contribution in [2.75, 3.05) is 5.32 Å². The van der Waals surface area contributed by atoms with Crippen LogP contribution in [0.5, 0.6) is 0 Å². The fraction of sp³-hybridized carbons (Fsp3) is 0.154. The minimum Gasteiger partial charge on any atom is -0.338 e. The van der Waals surface area contributed by atoms with Crippen LogP contribution in [-0.4, -0.2) is 10.2 Å². The molecule has 0 spiro atoms. The number of benzene rings is 1. The molecule has 0 aliphatic carbocycles. The lowest BCUT2D eigenvalue weighted by molar-refractivity contribution is 0.628. The molecule has 0 fully saturated rings. The number of halogens is 2. The monoisotopic (exact) mass is 276 g/mol. The molecule has 0 bridgehead atoms. The van der Waals surface area contributed by atoms with E-state index in [2.05, 4.69) is 21.6 Å². The van der Waals surface area contributed by atoms with E-state index in [1.165, 1.54) is 18.2 Å². The van der Waals surface area contributed by atoms with Gasteiger partial charge in [0.05, 0.1) is 10.7 Å². The highest BCUT2D eigenvalue weighted by molar-refractivity contribution is 6.31. The molecule has 2 aromatic rings. The minimum absolute atomic E-state index is 0.000278. The second-order valence-electron chi connectivity index (χ2n) is 4.00. The Bertz CT molecular complexity index is 679. The van der Waals surface area contributed by atoms with Crippen molar-refractivity contribution >= 4 is 23.1 Å². The average molecular weight is 277 g/mol. The second kappa shape index (κ2) is 5.21. The standard InChI is InChI=1S/C13H10ClFN4/c1-7-8(2)18-19-13(10(7)6-16)17-9-3-4-12(15)11(14)5-9/h3-5H,1-2H3,(H,17,19). The molecule has 0 aliphatic rings. The van der Waals surface area contributed by atoms with Crippen LogP contribution in [0.1, 0.15) is 16.8 Å². The number of nitrogens with one attached hydrogen (secondary N) is 1. The lowest BCUT2D eigenvalue weighted by Crippen LogP contribution is -2.03. The molecule has 19 heavy (non-hydrogen) atoms. The van der Waals surface area contributed by atoms with Gasteiger partial charge in [0.1, 0.15) is 17.4 Å². The molecule has 1 aromatic carbocycles. The maximum absolute atomic E-state index is 13.1. The maximum Gasteiger partial charge on any atom is 0.171 e. The first-order valence-electron chi connectivity index (χ1n) is 5.49. The molecule has 1 heterocycles. The Morgan fingerprint density at radius 3 is 2.68 bits per heavy atom. The summed E-state index contributed by atoms with van der Waals surface area (Å²) in [7, 11) is 0. The number of aryl methyl sites for hydroxylation is 1. The fourth-order valence-corrected chi connectivity index (χ4v) is 1.72. The topological polar surface area (TPSA) is 61.6 Å². The average Bonchev–Trinajstić information content (AvgIpc) is 2.39. The molecule has 96 valence electrons. The van der Waals surface area contributed by atoms with Crippen LogP contribution in [0.2, 0.25) is 5.02 Å². The SMILES string of the molecule is Cc1nnc(Nc2ccc(F)c(Cl)c2)c(C#N)c1C. The van der Waals surface area contributed by atoms with E-state index in [4.69, 9.17) is 16.9 Å². The molecule has 0 saturated heterocycles. The smallest absolute Gasteiger partial charge is 0.171 e. The minimum atomic E-state index is -0.501. The molecular weight excluding hydrogens is 267 g/mol. The van der Waals surface area contributed by atoms with Crippen molar-refractivity contribution in [2.24, 2.45) is 0 Å². The van der Waals surface area contributed by atoms with Gasteiger partial charge in [-0.3, -0.25) is 0 Å². The highest BCUT2D eigenvalue weighted by atomic mass is 35.5. The summed E-state index contributed by atoms with van der Waals surface area (Å²) in [6, 6.07) is 6.26. The molecule has 0 amide bonds. The van der Waals surface area contributed by atoms with Gasteiger partial charge in [-0.25, -0.2) is 4.39 Å². The van der Waals surface area contributed by atoms with Crippen molar-refractivity contribution in [3.8, 4) is 6.07 Å². The molecule has 6 heteroatoms. The summed E-state index contributed by atoms with van der Waals surface area (Å²) >= 11 is 5.69. The summed E-state index contributed by atoms with van der Waals surface area (Å²) in [5.74, 6) is -0.174. The normalized spacial score (nSPS) is 10.1. The van der Waals surface area contributed by atoms with E-state index in [9.17, 15) is 4.39 Å². The van der Waals surface area contributed by atoms with Gasteiger partial charge in [-0.1, -0.05) is 11.6 Å². The van der Waals surface area contributed by atoms with Gasteiger partial charge in [-0.05, 0) is 37.6 Å². The van der Waals surface area contributed by atoms with Crippen LogP contribution in [0.15, 0.2) is 18.2 Å². The largest absolute Gasteiger partial charge is 0.338 e. The van der Waals surface area contributed by atoms with Crippen LogP contribution < -0.4 is 5.32 Å². The van der Waals surface area contributed by atoms with Gasteiger partial charge in [-0.15, -0.1) is 5.10 Å². The Morgan fingerprint density at radius 1 is 1.32 bits per heavy atom. The van der Waals surface area contributed by atoms with Crippen LogP contribution in [0.3, 0.4) is 0 Å². The maximum atomic E-state index is 13.1. The van der Waals surface area contributed by atoms with E-state index in [1.54, 1.807) is 13.8 Å². The van der Waals surface area contributed by atoms with Crippen molar-refractivity contribution in [1.82, 2.24) is 10.2 Å². The predicted molar refractivity (Wildman–Crippen MR) is 70.9 cm³/mol. The van der Waals surface area contributed by atoms with E-state index in [-0.39, 0.29) is 5.02 Å². The summed E-state index contributed by atoms with van der Waals surface area (Å²) in [5.41, 5.74) is 2.40. The van der Waals surface area contributed by atoms with Crippen LogP contribution in [0.25, 0.3) is 0 Å². The van der Waals surface area contributed by atoms with Gasteiger partial charge in [0, 0.05) is 5.69 Å². The number of rotatable bonds is 2. The molecule has 0 unspecified atom stereocenters. The van der Waals surface area contributed by atoms with Crippen LogP contribution in [0, 0.1) is 31.0 Å². The molecule has 0 saturated carbocycles. The summed E-state index contributed by atoms with van der Waals surface area (Å²) in [5, 5.41) is 20.0. The summed E-state index contributed by atoms with van der Waals surface area (Å²) in [6.45, 7) is 3.58. The second-order valence-corrected chi connectivity index (χ2v) is 4.41. The zero-order valence-corrected chi connectivity index (χ0v) is 11.1. The molecular formula is C13H10ClFN4. The summed E-state index contributed by atoms with van der Waals surface area (Å²) in [4.78, 5) is 0. The number of aromatic nitrogens is 2. The lowest BCUT2D eigenvalue weighted by atomic mass is 10.1. The molecule has 1 aromatic heterocycles. The molecule has 2 rings (SSSR count). The molecule has 1 N–H and O–H groups in total. The summed E-state index contributed by atoms with van der Waals surface area (Å²) < 4.78 is 13.1. The van der Waals surface area contributed by atoms with E-state index in [0.717, 1.165) is 5.56 Å². The van der Waals surface area contributed by atoms with Crippen molar-refractivity contribution in [2.45, 2.75) is 13.8 Å². The van der Waals surface area contributed by atoms with Gasteiger partial charge < -0.3 is 5.32 Å². The van der Waals surface area contributed by atoms with Crippen molar-refractivity contribution < 1.29 is 4.39 Å². The predicted octanol–water partition coefficient (Wildman–Crippen LogP) is 3.50. The van der Waals surface area contributed by atoms with E-state index >= 15 is 0 Å². The molecule has 0 atom stereocenters. The van der Waals surface area contributed by atoms with Gasteiger partial charge >= 0.3 is 0 Å². The Labute approximate surface area is 114 Å². The number of nitriles is 1. The highest BCUT2D eigenvalue weighted by Gasteiger charge is 2.11. The van der Waals surface area contributed by atoms with E-state index in [1.807, 2.05) is 0 Å². The van der Waals surface area contributed by atoms with Gasteiger partial charge in [0.15, 0.2) is 5.82 Å². The Balaban J connectivity index is 2.41. The Hall–Kier alpha value is -2.19. The highest BCUT2D eigenvalue weighted by Crippen LogP contribution is 2.24. The van der Waals surface area contributed by atoms with Crippen molar-refractivity contribution in [3.05, 3.63) is 45.9 Å². The van der Waals surface area contributed by atoms with Gasteiger partial charge in [-0.2, -0.15) is 10.4 Å². The Morgan fingerprint density at radius 2 is 2.05 bits per heavy atom. The number of hydrogen-bond acceptors (Lipinski definition) is 4. The van der Waals surface area contributed by atoms with Crippen LogP contribution in [-0.2, 0) is 0 Å². The first kappa shape index (κ1) is 13.2. The molecule has 0 radical (unpaired) electrons. The zero-order chi connectivity index (χ0) is 14.0. The third kappa shape index (κ3) is 2.64. The summed E-state index contributed by atoms with van der Waals surface area (Å²) in [6.07, 6.45) is 0. The quantitative estimate of drug-likeness (QED) is 0.912. The van der Waals surface area contributed by atoms with Crippen LogP contribution >= 0.6 is 11.6 Å². The zero-order valence-electron chi connectivity index (χ0n) is 10.3. The van der Waals surface area contributed by atoms with Crippen molar-refractivity contribution in [1.29, 1.82) is 5.26 Å². The molecule has 4 nitrogen and oxygen atoms in total. The number of nitrogens with zero attached hydrogens (tertiary/aromatic N) is 3. The van der Waals surface area contributed by atoms with Crippen LogP contribution in [0.4, 0.5) is 15.9 Å². The fourth-order valence-electron chi connectivity index (χ4n) is 1.54. The lowest BCUT2D eigenvalue weighted by Gasteiger charge is -2.09. The first-order valence-corrected chi connectivity index (χ1v) is 5.86.